The average molecular weight is 300 g/mol. The van der Waals surface area contributed by atoms with Gasteiger partial charge in [0, 0.05) is 6.42 Å². The number of phenolic OH excluding ortho intramolecular Hbond substituents is 1. The molecule has 2 aromatic carbocycles. The molecule has 0 aliphatic carbocycles. The number of aliphatic hydroxyl groups excluding tert-OH is 1. The predicted molar refractivity (Wildman–Crippen MR) is 82.9 cm³/mol. The van der Waals surface area contributed by atoms with Crippen LogP contribution in [0, 0.1) is 0 Å². The van der Waals surface area contributed by atoms with Crippen LogP contribution in [0.3, 0.4) is 0 Å². The fourth-order valence-corrected chi connectivity index (χ4v) is 2.98. The van der Waals surface area contributed by atoms with Crippen LogP contribution in [0.1, 0.15) is 24.0 Å². The molecule has 0 spiro atoms. The summed E-state index contributed by atoms with van der Waals surface area (Å²) >= 11 is 0. The normalized spacial score (nSPS) is 25.3. The second-order valence-corrected chi connectivity index (χ2v) is 5.74. The smallest absolute Gasteiger partial charge is 0.122 e. The van der Waals surface area contributed by atoms with E-state index in [0.717, 1.165) is 5.56 Å². The van der Waals surface area contributed by atoms with Gasteiger partial charge in [0.2, 0.25) is 0 Å². The van der Waals surface area contributed by atoms with Crippen LogP contribution in [0.2, 0.25) is 0 Å². The Morgan fingerprint density at radius 1 is 1.09 bits per heavy atom. The Bertz CT molecular complexity index is 641. The standard InChI is InChI=1S/C18H20O4/c19-15-7-8-16-13(12-15)6-9-17(20)18(21,10-11-22-16)14-4-2-1-3-5-14/h1-5,7-8,12,17,19-21H,6,9-11H2/t17-,18-/m0/s1. The summed E-state index contributed by atoms with van der Waals surface area (Å²) in [4.78, 5) is 0. The van der Waals surface area contributed by atoms with E-state index in [1.807, 2.05) is 30.3 Å². The van der Waals surface area contributed by atoms with Crippen molar-refractivity contribution in [3.8, 4) is 11.5 Å². The summed E-state index contributed by atoms with van der Waals surface area (Å²) in [6, 6.07) is 14.2. The van der Waals surface area contributed by atoms with Gasteiger partial charge in [-0.2, -0.15) is 0 Å². The second-order valence-electron chi connectivity index (χ2n) is 5.74. The van der Waals surface area contributed by atoms with Crippen molar-refractivity contribution in [3.63, 3.8) is 0 Å². The molecule has 0 unspecified atom stereocenters. The summed E-state index contributed by atoms with van der Waals surface area (Å²) in [7, 11) is 0. The van der Waals surface area contributed by atoms with Crippen LogP contribution < -0.4 is 4.74 Å². The van der Waals surface area contributed by atoms with Crippen LogP contribution in [-0.4, -0.2) is 28.0 Å². The van der Waals surface area contributed by atoms with Crippen molar-refractivity contribution in [3.05, 3.63) is 59.7 Å². The van der Waals surface area contributed by atoms with Crippen molar-refractivity contribution in [2.45, 2.75) is 31.0 Å². The third kappa shape index (κ3) is 2.80. The summed E-state index contributed by atoms with van der Waals surface area (Å²) in [6.07, 6.45) is 0.329. The number of benzene rings is 2. The van der Waals surface area contributed by atoms with Gasteiger partial charge in [0.05, 0.1) is 12.7 Å². The van der Waals surface area contributed by atoms with Crippen molar-refractivity contribution >= 4 is 0 Å². The van der Waals surface area contributed by atoms with Gasteiger partial charge in [0.15, 0.2) is 0 Å². The molecule has 0 saturated heterocycles. The van der Waals surface area contributed by atoms with E-state index in [0.29, 0.717) is 37.2 Å². The van der Waals surface area contributed by atoms with Gasteiger partial charge in [-0.25, -0.2) is 0 Å². The zero-order valence-electron chi connectivity index (χ0n) is 12.3. The van der Waals surface area contributed by atoms with Crippen LogP contribution in [0.5, 0.6) is 11.5 Å². The van der Waals surface area contributed by atoms with Gasteiger partial charge in [0.1, 0.15) is 17.1 Å². The molecule has 3 N–H and O–H groups in total. The maximum atomic E-state index is 11.0. The minimum Gasteiger partial charge on any atom is -0.508 e. The number of rotatable bonds is 1. The first-order valence-electron chi connectivity index (χ1n) is 7.50. The molecule has 22 heavy (non-hydrogen) atoms. The van der Waals surface area contributed by atoms with Crippen LogP contribution >= 0.6 is 0 Å². The highest BCUT2D eigenvalue weighted by molar-refractivity contribution is 5.40. The molecule has 116 valence electrons. The van der Waals surface area contributed by atoms with E-state index in [2.05, 4.69) is 0 Å². The first-order chi connectivity index (χ1) is 10.6. The molecular formula is C18H20O4. The lowest BCUT2D eigenvalue weighted by molar-refractivity contribution is -0.0933. The third-order valence-electron chi connectivity index (χ3n) is 4.30. The Morgan fingerprint density at radius 2 is 1.86 bits per heavy atom. The summed E-state index contributed by atoms with van der Waals surface area (Å²) in [6.45, 7) is 0.292. The Labute approximate surface area is 129 Å². The van der Waals surface area contributed by atoms with E-state index < -0.39 is 11.7 Å². The molecule has 0 radical (unpaired) electrons. The largest absolute Gasteiger partial charge is 0.508 e. The van der Waals surface area contributed by atoms with E-state index >= 15 is 0 Å². The third-order valence-corrected chi connectivity index (χ3v) is 4.30. The lowest BCUT2D eigenvalue weighted by Gasteiger charge is -2.33. The van der Waals surface area contributed by atoms with Crippen LogP contribution in [0.15, 0.2) is 48.5 Å². The molecule has 3 rings (SSSR count). The topological polar surface area (TPSA) is 69.9 Å². The maximum absolute atomic E-state index is 11.0. The summed E-state index contributed by atoms with van der Waals surface area (Å²) in [5.41, 5.74) is 0.210. The van der Waals surface area contributed by atoms with Crippen molar-refractivity contribution < 1.29 is 20.1 Å². The first kappa shape index (κ1) is 14.9. The molecule has 4 heteroatoms. The number of fused-ring (bicyclic) bond motifs is 1. The lowest BCUT2D eigenvalue weighted by atomic mass is 9.83. The van der Waals surface area contributed by atoms with Crippen molar-refractivity contribution in [2.75, 3.05) is 6.61 Å². The Hall–Kier alpha value is -2.04. The minimum absolute atomic E-state index is 0.175. The molecule has 2 atom stereocenters. The maximum Gasteiger partial charge on any atom is 0.122 e. The fraction of sp³-hybridized carbons (Fsp3) is 0.333. The highest BCUT2D eigenvalue weighted by Crippen LogP contribution is 2.35. The average Bonchev–Trinajstić information content (AvgIpc) is 2.59. The molecule has 0 saturated carbocycles. The van der Waals surface area contributed by atoms with Gasteiger partial charge in [-0.05, 0) is 42.2 Å². The summed E-state index contributed by atoms with van der Waals surface area (Å²) < 4.78 is 5.75. The summed E-state index contributed by atoms with van der Waals surface area (Å²) in [5.74, 6) is 0.872. The molecule has 0 amide bonds. The molecule has 2 aromatic rings. The van der Waals surface area contributed by atoms with Gasteiger partial charge in [-0.15, -0.1) is 0 Å². The first-order valence-corrected chi connectivity index (χ1v) is 7.50. The zero-order chi connectivity index (χ0) is 15.6. The van der Waals surface area contributed by atoms with Crippen LogP contribution in [-0.2, 0) is 12.0 Å². The Kier molecular flexibility index (Phi) is 4.05. The van der Waals surface area contributed by atoms with E-state index in [1.54, 1.807) is 18.2 Å². The van der Waals surface area contributed by atoms with Gasteiger partial charge in [-0.3, -0.25) is 0 Å². The Balaban J connectivity index is 1.90. The Morgan fingerprint density at radius 3 is 2.64 bits per heavy atom. The highest BCUT2D eigenvalue weighted by atomic mass is 16.5. The molecule has 0 bridgehead atoms. The van der Waals surface area contributed by atoms with E-state index in [4.69, 9.17) is 4.74 Å². The lowest BCUT2D eigenvalue weighted by Crippen LogP contribution is -2.40. The summed E-state index contributed by atoms with van der Waals surface area (Å²) in [5, 5.41) is 31.1. The van der Waals surface area contributed by atoms with Gasteiger partial charge in [-0.1, -0.05) is 30.3 Å². The van der Waals surface area contributed by atoms with E-state index in [9.17, 15) is 15.3 Å². The van der Waals surface area contributed by atoms with E-state index in [-0.39, 0.29) is 5.75 Å². The van der Waals surface area contributed by atoms with Gasteiger partial charge < -0.3 is 20.1 Å². The molecular weight excluding hydrogens is 280 g/mol. The molecule has 1 aliphatic heterocycles. The number of aliphatic hydroxyl groups is 2. The second kappa shape index (κ2) is 5.99. The predicted octanol–water partition coefficient (Wildman–Crippen LogP) is 2.36. The fourth-order valence-electron chi connectivity index (χ4n) is 2.98. The monoisotopic (exact) mass is 300 g/mol. The van der Waals surface area contributed by atoms with E-state index in [1.165, 1.54) is 0 Å². The molecule has 0 fully saturated rings. The zero-order valence-corrected chi connectivity index (χ0v) is 12.3. The van der Waals surface area contributed by atoms with Crippen molar-refractivity contribution in [1.29, 1.82) is 0 Å². The van der Waals surface area contributed by atoms with Crippen molar-refractivity contribution in [2.24, 2.45) is 0 Å². The van der Waals surface area contributed by atoms with Crippen LogP contribution in [0.25, 0.3) is 0 Å². The molecule has 4 nitrogen and oxygen atoms in total. The number of aromatic hydroxyl groups is 1. The van der Waals surface area contributed by atoms with Crippen LogP contribution in [0.4, 0.5) is 0 Å². The number of ether oxygens (including phenoxy) is 1. The highest BCUT2D eigenvalue weighted by Gasteiger charge is 2.37. The number of phenols is 1. The minimum atomic E-state index is -1.33. The molecule has 0 aromatic heterocycles. The quantitative estimate of drug-likeness (QED) is 0.756. The number of hydrogen-bond donors (Lipinski definition) is 3. The van der Waals surface area contributed by atoms with Gasteiger partial charge >= 0.3 is 0 Å². The number of aryl methyl sites for hydroxylation is 1. The number of hydrogen-bond acceptors (Lipinski definition) is 4. The molecule has 1 heterocycles. The molecule has 1 aliphatic rings. The van der Waals surface area contributed by atoms with Gasteiger partial charge in [0.25, 0.3) is 0 Å². The SMILES string of the molecule is Oc1ccc2c(c1)CC[C@H](O)[C@@](O)(c1ccccc1)CCO2. The van der Waals surface area contributed by atoms with Crippen molar-refractivity contribution in [1.82, 2.24) is 0 Å².